The molecule has 1 atom stereocenters. The molecule has 20 heavy (non-hydrogen) atoms. The molecule has 106 valence electrons. The van der Waals surface area contributed by atoms with Crippen molar-refractivity contribution >= 4 is 24.2 Å². The highest BCUT2D eigenvalue weighted by Gasteiger charge is 2.13. The van der Waals surface area contributed by atoms with Crippen molar-refractivity contribution in [2.45, 2.75) is 12.5 Å². The number of halogens is 1. The van der Waals surface area contributed by atoms with Crippen molar-refractivity contribution < 1.29 is 0 Å². The zero-order valence-corrected chi connectivity index (χ0v) is 13.3. The first-order chi connectivity index (χ1) is 9.70. The molecule has 0 amide bonds. The van der Waals surface area contributed by atoms with Crippen molar-refractivity contribution in [3.05, 3.63) is 70.7 Å². The maximum atomic E-state index is 6.21. The summed E-state index contributed by atoms with van der Waals surface area (Å²) in [5, 5.41) is 0.835. The van der Waals surface area contributed by atoms with Crippen LogP contribution in [0.4, 0.5) is 0 Å². The Kier molecular flexibility index (Phi) is 5.96. The predicted octanol–water partition coefficient (Wildman–Crippen LogP) is 4.49. The Morgan fingerprint density at radius 2 is 1.70 bits per heavy atom. The van der Waals surface area contributed by atoms with Gasteiger partial charge in [0, 0.05) is 24.0 Å². The minimum Gasteiger partial charge on any atom is -0.301 e. The van der Waals surface area contributed by atoms with Gasteiger partial charge in [0.25, 0.3) is 0 Å². The van der Waals surface area contributed by atoms with E-state index < -0.39 is 0 Å². The van der Waals surface area contributed by atoms with Crippen molar-refractivity contribution in [3.8, 4) is 0 Å². The molecule has 2 aromatic rings. The van der Waals surface area contributed by atoms with Crippen LogP contribution in [0.15, 0.2) is 54.6 Å². The van der Waals surface area contributed by atoms with Gasteiger partial charge in [-0.15, -0.1) is 0 Å². The normalized spacial score (nSPS) is 12.6. The zero-order valence-electron chi connectivity index (χ0n) is 11.7. The van der Waals surface area contributed by atoms with E-state index in [1.807, 2.05) is 24.3 Å². The van der Waals surface area contributed by atoms with Crippen LogP contribution in [0.5, 0.6) is 0 Å². The first-order valence-corrected chi connectivity index (χ1v) is 7.79. The molecule has 2 aromatic carbocycles. The molecule has 0 N–H and O–H groups in total. The average molecular weight is 306 g/mol. The second-order valence-electron chi connectivity index (χ2n) is 5.08. The van der Waals surface area contributed by atoms with E-state index in [1.165, 1.54) is 11.1 Å². The van der Waals surface area contributed by atoms with E-state index in [2.05, 4.69) is 54.9 Å². The van der Waals surface area contributed by atoms with Gasteiger partial charge >= 0.3 is 0 Å². The smallest absolute Gasteiger partial charge is 0.0451 e. The molecule has 0 saturated heterocycles. The molecule has 0 saturated carbocycles. The molecule has 3 heteroatoms. The molecule has 1 nitrogen and oxygen atoms in total. The minimum atomic E-state index is 0.437. The Morgan fingerprint density at radius 3 is 2.35 bits per heavy atom. The van der Waals surface area contributed by atoms with E-state index in [4.69, 9.17) is 11.6 Å². The summed E-state index contributed by atoms with van der Waals surface area (Å²) in [7, 11) is 2.13. The van der Waals surface area contributed by atoms with Crippen LogP contribution in [0.25, 0.3) is 0 Å². The van der Waals surface area contributed by atoms with Crippen molar-refractivity contribution in [1.82, 2.24) is 4.90 Å². The highest BCUT2D eigenvalue weighted by atomic mass is 35.5. The molecule has 1 unspecified atom stereocenters. The van der Waals surface area contributed by atoms with Crippen molar-refractivity contribution in [3.63, 3.8) is 0 Å². The van der Waals surface area contributed by atoms with Crippen LogP contribution >= 0.6 is 24.2 Å². The van der Waals surface area contributed by atoms with E-state index in [0.717, 1.165) is 23.9 Å². The van der Waals surface area contributed by atoms with Gasteiger partial charge in [-0.25, -0.2) is 0 Å². The summed E-state index contributed by atoms with van der Waals surface area (Å²) in [5.41, 5.74) is 2.51. The Hall–Kier alpha value is -0.960. The van der Waals surface area contributed by atoms with Gasteiger partial charge in [-0.1, -0.05) is 60.1 Å². The van der Waals surface area contributed by atoms with Crippen molar-refractivity contribution in [1.29, 1.82) is 0 Å². The molecule has 0 spiro atoms. The van der Waals surface area contributed by atoms with Crippen LogP contribution in [-0.4, -0.2) is 24.2 Å². The van der Waals surface area contributed by atoms with Crippen molar-refractivity contribution in [2.75, 3.05) is 19.3 Å². The van der Waals surface area contributed by atoms with Gasteiger partial charge in [0.2, 0.25) is 0 Å². The second kappa shape index (κ2) is 7.72. The highest BCUT2D eigenvalue weighted by Crippen LogP contribution is 2.21. The topological polar surface area (TPSA) is 3.24 Å². The summed E-state index contributed by atoms with van der Waals surface area (Å²) in [6, 6.07) is 18.6. The fourth-order valence-corrected chi connectivity index (χ4v) is 2.87. The Labute approximate surface area is 132 Å². The fraction of sp³-hybridized carbons (Fsp3) is 0.294. The zero-order chi connectivity index (χ0) is 14.4. The number of likely N-dealkylation sites (N-methyl/N-ethyl adjacent to an activating group) is 1. The molecule has 0 radical (unpaired) electrons. The number of hydrogen-bond donors (Lipinski definition) is 1. The quantitative estimate of drug-likeness (QED) is 0.770. The molecular formula is C17H20ClNS. The van der Waals surface area contributed by atoms with Gasteiger partial charge in [0.1, 0.15) is 0 Å². The summed E-state index contributed by atoms with van der Waals surface area (Å²) in [4.78, 5) is 2.30. The average Bonchev–Trinajstić information content (AvgIpc) is 2.48. The summed E-state index contributed by atoms with van der Waals surface area (Å²) in [6.07, 6.45) is 0. The lowest BCUT2D eigenvalue weighted by Crippen LogP contribution is -2.25. The minimum absolute atomic E-state index is 0.437. The molecule has 0 aliphatic carbocycles. The van der Waals surface area contributed by atoms with Crippen LogP contribution in [0.2, 0.25) is 5.02 Å². The van der Waals surface area contributed by atoms with E-state index >= 15 is 0 Å². The molecule has 0 heterocycles. The number of benzene rings is 2. The Balaban J connectivity index is 2.00. The number of rotatable bonds is 6. The lowest BCUT2D eigenvalue weighted by atomic mass is 10.0. The van der Waals surface area contributed by atoms with Crippen LogP contribution < -0.4 is 0 Å². The largest absolute Gasteiger partial charge is 0.301 e. The molecule has 0 bridgehead atoms. The van der Waals surface area contributed by atoms with Gasteiger partial charge < -0.3 is 4.90 Å². The third-order valence-corrected chi connectivity index (χ3v) is 4.23. The monoisotopic (exact) mass is 305 g/mol. The van der Waals surface area contributed by atoms with Gasteiger partial charge in [-0.3, -0.25) is 0 Å². The lowest BCUT2D eigenvalue weighted by Gasteiger charge is -2.23. The second-order valence-corrected chi connectivity index (χ2v) is 5.85. The predicted molar refractivity (Wildman–Crippen MR) is 90.8 cm³/mol. The van der Waals surface area contributed by atoms with E-state index in [9.17, 15) is 0 Å². The summed E-state index contributed by atoms with van der Waals surface area (Å²) < 4.78 is 0. The Morgan fingerprint density at radius 1 is 1.05 bits per heavy atom. The summed E-state index contributed by atoms with van der Waals surface area (Å²) in [6.45, 7) is 1.83. The molecule has 0 aromatic heterocycles. The van der Waals surface area contributed by atoms with E-state index in [-0.39, 0.29) is 0 Å². The van der Waals surface area contributed by atoms with E-state index in [0.29, 0.717) is 5.92 Å². The van der Waals surface area contributed by atoms with Crippen LogP contribution in [0.1, 0.15) is 17.0 Å². The third-order valence-electron chi connectivity index (χ3n) is 3.42. The number of nitrogens with zero attached hydrogens (tertiary/aromatic N) is 1. The lowest BCUT2D eigenvalue weighted by molar-refractivity contribution is 0.311. The van der Waals surface area contributed by atoms with Crippen molar-refractivity contribution in [2.24, 2.45) is 0 Å². The van der Waals surface area contributed by atoms with Crippen LogP contribution in [-0.2, 0) is 6.54 Å². The Bertz CT molecular complexity index is 530. The number of hydrogen-bond acceptors (Lipinski definition) is 2. The van der Waals surface area contributed by atoms with Crippen LogP contribution in [0, 0.1) is 0 Å². The highest BCUT2D eigenvalue weighted by molar-refractivity contribution is 7.80. The first-order valence-electron chi connectivity index (χ1n) is 6.78. The van der Waals surface area contributed by atoms with Gasteiger partial charge in [-0.05, 0) is 30.0 Å². The fourth-order valence-electron chi connectivity index (χ4n) is 2.35. The van der Waals surface area contributed by atoms with E-state index in [1.54, 1.807) is 0 Å². The SMILES string of the molecule is CN(Cc1ccccc1Cl)CC(CS)c1ccccc1. The van der Waals surface area contributed by atoms with Gasteiger partial charge in [0.15, 0.2) is 0 Å². The maximum absolute atomic E-state index is 6.21. The maximum Gasteiger partial charge on any atom is 0.0451 e. The molecule has 0 fully saturated rings. The summed E-state index contributed by atoms with van der Waals surface area (Å²) >= 11 is 10.7. The standard InChI is InChI=1S/C17H20ClNS/c1-19(11-15-9-5-6-10-17(15)18)12-16(13-20)14-7-3-2-4-8-14/h2-10,16,20H,11-13H2,1H3. The molecule has 2 rings (SSSR count). The van der Waals surface area contributed by atoms with Gasteiger partial charge in [0.05, 0.1) is 0 Å². The molecule has 0 aliphatic rings. The van der Waals surface area contributed by atoms with Gasteiger partial charge in [-0.2, -0.15) is 12.6 Å². The molecule has 0 aliphatic heterocycles. The first kappa shape index (κ1) is 15.4. The number of thiol groups is 1. The summed E-state index contributed by atoms with van der Waals surface area (Å²) in [5.74, 6) is 1.28. The van der Waals surface area contributed by atoms with Crippen LogP contribution in [0.3, 0.4) is 0 Å². The molecular weight excluding hydrogens is 286 g/mol. The third kappa shape index (κ3) is 4.27.